The Labute approximate surface area is 122 Å². The highest BCUT2D eigenvalue weighted by atomic mass is 19.3. The number of nitro groups is 1. The van der Waals surface area contributed by atoms with Crippen LogP contribution in [0.2, 0.25) is 0 Å². The Hall–Kier alpha value is -1.72. The van der Waals surface area contributed by atoms with Crippen LogP contribution in [0.15, 0.2) is 18.2 Å². The molecular weight excluding hydrogens is 278 g/mol. The molecule has 0 atom stereocenters. The Balaban J connectivity index is 1.96. The summed E-state index contributed by atoms with van der Waals surface area (Å²) >= 11 is 0. The lowest BCUT2D eigenvalue weighted by Crippen LogP contribution is -2.13. The Kier molecular flexibility index (Phi) is 5.47. The van der Waals surface area contributed by atoms with E-state index in [0.717, 1.165) is 12.5 Å². The van der Waals surface area contributed by atoms with Crippen molar-refractivity contribution in [2.45, 2.75) is 45.0 Å². The smallest absolute Gasteiger partial charge is 0.270 e. The third kappa shape index (κ3) is 4.37. The molecule has 2 rings (SSSR count). The van der Waals surface area contributed by atoms with Gasteiger partial charge in [-0.05, 0) is 18.4 Å². The molecule has 1 saturated carbocycles. The number of benzene rings is 1. The van der Waals surface area contributed by atoms with Gasteiger partial charge in [-0.2, -0.15) is 0 Å². The number of halogens is 2. The molecule has 0 unspecified atom stereocenters. The predicted octanol–water partition coefficient (Wildman–Crippen LogP) is 4.91. The van der Waals surface area contributed by atoms with Gasteiger partial charge in [0.2, 0.25) is 0 Å². The molecule has 0 bridgehead atoms. The van der Waals surface area contributed by atoms with Crippen LogP contribution in [-0.2, 0) is 0 Å². The fourth-order valence-corrected chi connectivity index (χ4v) is 2.89. The van der Waals surface area contributed by atoms with Gasteiger partial charge in [0.15, 0.2) is 0 Å². The molecule has 1 aliphatic carbocycles. The van der Waals surface area contributed by atoms with Gasteiger partial charge in [-0.25, -0.2) is 8.78 Å². The molecular formula is C15H20F2N2O2. The SMILES string of the molecule is O=[N+]([O-])c1ccc(NCCC2CCCCC2)c(C(F)F)c1. The minimum absolute atomic E-state index is 0.298. The van der Waals surface area contributed by atoms with Crippen molar-refractivity contribution in [1.29, 1.82) is 0 Å². The number of nitrogens with zero attached hydrogens (tertiary/aromatic N) is 1. The molecule has 0 heterocycles. The predicted molar refractivity (Wildman–Crippen MR) is 77.7 cm³/mol. The lowest BCUT2D eigenvalue weighted by atomic mass is 9.87. The van der Waals surface area contributed by atoms with Crippen molar-refractivity contribution < 1.29 is 13.7 Å². The van der Waals surface area contributed by atoms with E-state index >= 15 is 0 Å². The van der Waals surface area contributed by atoms with Crippen molar-refractivity contribution in [2.75, 3.05) is 11.9 Å². The molecule has 4 nitrogen and oxygen atoms in total. The number of hydrogen-bond acceptors (Lipinski definition) is 3. The van der Waals surface area contributed by atoms with Crippen LogP contribution in [-0.4, -0.2) is 11.5 Å². The molecule has 1 fully saturated rings. The summed E-state index contributed by atoms with van der Waals surface area (Å²) in [5.74, 6) is 0.666. The van der Waals surface area contributed by atoms with Gasteiger partial charge in [-0.3, -0.25) is 10.1 Å². The van der Waals surface area contributed by atoms with Gasteiger partial charge >= 0.3 is 0 Å². The first-order chi connectivity index (χ1) is 10.1. The zero-order chi connectivity index (χ0) is 15.2. The first-order valence-electron chi connectivity index (χ1n) is 7.38. The van der Waals surface area contributed by atoms with Crippen molar-refractivity contribution in [3.8, 4) is 0 Å². The van der Waals surface area contributed by atoms with Crippen molar-refractivity contribution in [2.24, 2.45) is 5.92 Å². The van der Waals surface area contributed by atoms with E-state index in [1.807, 2.05) is 0 Å². The summed E-state index contributed by atoms with van der Waals surface area (Å²) < 4.78 is 26.0. The van der Waals surface area contributed by atoms with Gasteiger partial charge in [0, 0.05) is 29.9 Å². The summed E-state index contributed by atoms with van der Waals surface area (Å²) in [6.07, 6.45) is 4.46. The molecule has 1 aliphatic rings. The summed E-state index contributed by atoms with van der Waals surface area (Å²) in [6, 6.07) is 3.59. The number of hydrogen-bond donors (Lipinski definition) is 1. The zero-order valence-corrected chi connectivity index (χ0v) is 11.9. The summed E-state index contributed by atoms with van der Waals surface area (Å²) in [5, 5.41) is 13.7. The Morgan fingerprint density at radius 3 is 2.62 bits per heavy atom. The average molecular weight is 298 g/mol. The van der Waals surface area contributed by atoms with Crippen LogP contribution in [0, 0.1) is 16.0 Å². The van der Waals surface area contributed by atoms with Crippen molar-refractivity contribution in [3.63, 3.8) is 0 Å². The number of anilines is 1. The number of alkyl halides is 2. The average Bonchev–Trinajstić information content (AvgIpc) is 2.48. The van der Waals surface area contributed by atoms with E-state index in [4.69, 9.17) is 0 Å². The largest absolute Gasteiger partial charge is 0.385 e. The Morgan fingerprint density at radius 2 is 2.00 bits per heavy atom. The fraction of sp³-hybridized carbons (Fsp3) is 0.600. The maximum atomic E-state index is 13.0. The third-order valence-electron chi connectivity index (χ3n) is 4.07. The van der Waals surface area contributed by atoms with Crippen molar-refractivity contribution in [3.05, 3.63) is 33.9 Å². The molecule has 0 aromatic heterocycles. The standard InChI is InChI=1S/C15H20F2N2O2/c16-15(17)13-10-12(19(20)21)6-7-14(13)18-9-8-11-4-2-1-3-5-11/h6-7,10-11,15,18H,1-5,8-9H2. The molecule has 1 aromatic carbocycles. The van der Waals surface area contributed by atoms with Gasteiger partial charge in [0.25, 0.3) is 12.1 Å². The molecule has 1 aromatic rings. The van der Waals surface area contributed by atoms with E-state index in [0.29, 0.717) is 18.2 Å². The number of nitro benzene ring substituents is 1. The lowest BCUT2D eigenvalue weighted by Gasteiger charge is -2.22. The topological polar surface area (TPSA) is 55.2 Å². The molecule has 0 radical (unpaired) electrons. The fourth-order valence-electron chi connectivity index (χ4n) is 2.89. The van der Waals surface area contributed by atoms with E-state index in [-0.39, 0.29) is 11.3 Å². The second-order valence-corrected chi connectivity index (χ2v) is 5.55. The van der Waals surface area contributed by atoms with E-state index in [1.165, 1.54) is 44.2 Å². The van der Waals surface area contributed by atoms with Crippen molar-refractivity contribution >= 4 is 11.4 Å². The van der Waals surface area contributed by atoms with E-state index in [9.17, 15) is 18.9 Å². The van der Waals surface area contributed by atoms with Gasteiger partial charge in [0.05, 0.1) is 4.92 Å². The summed E-state index contributed by atoms with van der Waals surface area (Å²) in [4.78, 5) is 9.99. The summed E-state index contributed by atoms with van der Waals surface area (Å²) in [5.41, 5.74) is -0.303. The molecule has 1 N–H and O–H groups in total. The molecule has 0 saturated heterocycles. The molecule has 116 valence electrons. The molecule has 6 heteroatoms. The molecule has 0 amide bonds. The van der Waals surface area contributed by atoms with Crippen molar-refractivity contribution in [1.82, 2.24) is 0 Å². The first-order valence-corrected chi connectivity index (χ1v) is 7.38. The van der Waals surface area contributed by atoms with E-state index in [2.05, 4.69) is 5.32 Å². The zero-order valence-electron chi connectivity index (χ0n) is 11.9. The summed E-state index contributed by atoms with van der Waals surface area (Å²) in [6.45, 7) is 0.627. The highest BCUT2D eigenvalue weighted by Gasteiger charge is 2.18. The summed E-state index contributed by atoms with van der Waals surface area (Å²) in [7, 11) is 0. The second kappa shape index (κ2) is 7.33. The quantitative estimate of drug-likeness (QED) is 0.599. The van der Waals surface area contributed by atoms with Gasteiger partial charge < -0.3 is 5.32 Å². The van der Waals surface area contributed by atoms with E-state index < -0.39 is 11.3 Å². The molecule has 0 spiro atoms. The molecule has 21 heavy (non-hydrogen) atoms. The van der Waals surface area contributed by atoms with Crippen LogP contribution in [0.5, 0.6) is 0 Å². The normalized spacial score (nSPS) is 16.1. The van der Waals surface area contributed by atoms with Crippen LogP contribution >= 0.6 is 0 Å². The first kappa shape index (κ1) is 15.7. The number of nitrogens with one attached hydrogen (secondary N) is 1. The van der Waals surface area contributed by atoms with Crippen LogP contribution in [0.3, 0.4) is 0 Å². The van der Waals surface area contributed by atoms with Crippen LogP contribution < -0.4 is 5.32 Å². The van der Waals surface area contributed by atoms with Gasteiger partial charge in [-0.15, -0.1) is 0 Å². The Bertz CT molecular complexity index is 489. The maximum absolute atomic E-state index is 13.0. The third-order valence-corrected chi connectivity index (χ3v) is 4.07. The second-order valence-electron chi connectivity index (χ2n) is 5.55. The highest BCUT2D eigenvalue weighted by molar-refractivity contribution is 5.56. The lowest BCUT2D eigenvalue weighted by molar-refractivity contribution is -0.385. The monoisotopic (exact) mass is 298 g/mol. The van der Waals surface area contributed by atoms with Crippen LogP contribution in [0.4, 0.5) is 20.2 Å². The number of non-ortho nitro benzene ring substituents is 1. The Morgan fingerprint density at radius 1 is 1.29 bits per heavy atom. The maximum Gasteiger partial charge on any atom is 0.270 e. The highest BCUT2D eigenvalue weighted by Crippen LogP contribution is 2.31. The van der Waals surface area contributed by atoms with Crippen LogP contribution in [0.25, 0.3) is 0 Å². The number of rotatable bonds is 6. The van der Waals surface area contributed by atoms with E-state index in [1.54, 1.807) is 0 Å². The van der Waals surface area contributed by atoms with Crippen LogP contribution in [0.1, 0.15) is 50.5 Å². The molecule has 0 aliphatic heterocycles. The van der Waals surface area contributed by atoms with Gasteiger partial charge in [-0.1, -0.05) is 32.1 Å². The minimum Gasteiger partial charge on any atom is -0.385 e. The minimum atomic E-state index is -2.72. The van der Waals surface area contributed by atoms with Gasteiger partial charge in [0.1, 0.15) is 0 Å².